The maximum absolute atomic E-state index is 14.1. The summed E-state index contributed by atoms with van der Waals surface area (Å²) in [7, 11) is 0. The number of hydrogen-bond acceptors (Lipinski definition) is 0. The van der Waals surface area contributed by atoms with E-state index in [4.69, 9.17) is 0 Å². The summed E-state index contributed by atoms with van der Waals surface area (Å²) in [6, 6.07) is 3.16. The lowest BCUT2D eigenvalue weighted by Gasteiger charge is -2.45. The van der Waals surface area contributed by atoms with Crippen molar-refractivity contribution in [3.8, 4) is 0 Å². The highest BCUT2D eigenvalue weighted by atomic mass is 19.2. The molecule has 4 aliphatic rings. The van der Waals surface area contributed by atoms with Crippen LogP contribution in [0, 0.1) is 53.1 Å². The fraction of sp³-hybridized carbons (Fsp3) is 0.714. The van der Waals surface area contributed by atoms with Crippen molar-refractivity contribution < 1.29 is 8.78 Å². The molecular weight excluding hydrogens is 374 g/mol. The lowest BCUT2D eigenvalue weighted by atomic mass is 9.60. The Balaban J connectivity index is 1.14. The molecule has 1 aromatic carbocycles. The SMILES string of the molecule is C=CC1CCC2CC(C3CCC(C4CCc5c(ccc(F)c5F)C4)CC3)CCC2C1. The molecule has 0 aromatic heterocycles. The summed E-state index contributed by atoms with van der Waals surface area (Å²) in [6.45, 7) is 4.04. The van der Waals surface area contributed by atoms with Gasteiger partial charge in [0.15, 0.2) is 11.6 Å². The van der Waals surface area contributed by atoms with Crippen molar-refractivity contribution in [1.29, 1.82) is 0 Å². The maximum Gasteiger partial charge on any atom is 0.162 e. The summed E-state index contributed by atoms with van der Waals surface area (Å²) in [4.78, 5) is 0. The van der Waals surface area contributed by atoms with Crippen LogP contribution in [0.2, 0.25) is 0 Å². The first kappa shape index (κ1) is 20.7. The molecule has 164 valence electrons. The monoisotopic (exact) mass is 412 g/mol. The third kappa shape index (κ3) is 4.00. The van der Waals surface area contributed by atoms with Crippen molar-refractivity contribution in [3.63, 3.8) is 0 Å². The summed E-state index contributed by atoms with van der Waals surface area (Å²) in [5, 5.41) is 0. The van der Waals surface area contributed by atoms with Crippen LogP contribution in [0.1, 0.15) is 81.8 Å². The fourth-order valence-corrected chi connectivity index (χ4v) is 7.90. The van der Waals surface area contributed by atoms with Gasteiger partial charge in [0.2, 0.25) is 0 Å². The number of fused-ring (bicyclic) bond motifs is 2. The van der Waals surface area contributed by atoms with Crippen LogP contribution in [0.15, 0.2) is 24.8 Å². The highest BCUT2D eigenvalue weighted by Crippen LogP contribution is 2.50. The first-order chi connectivity index (χ1) is 14.6. The largest absolute Gasteiger partial charge is 0.204 e. The molecule has 0 radical (unpaired) electrons. The van der Waals surface area contributed by atoms with Crippen LogP contribution >= 0.6 is 0 Å². The molecule has 0 heterocycles. The van der Waals surface area contributed by atoms with Crippen molar-refractivity contribution in [2.45, 2.75) is 83.5 Å². The Labute approximate surface area is 181 Å². The van der Waals surface area contributed by atoms with Crippen molar-refractivity contribution in [3.05, 3.63) is 47.5 Å². The average Bonchev–Trinajstić information content (AvgIpc) is 2.80. The molecule has 3 saturated carbocycles. The van der Waals surface area contributed by atoms with Gasteiger partial charge in [0, 0.05) is 0 Å². The Bertz CT molecular complexity index is 760. The van der Waals surface area contributed by atoms with Gasteiger partial charge in [-0.25, -0.2) is 8.78 Å². The molecule has 0 aliphatic heterocycles. The lowest BCUT2D eigenvalue weighted by molar-refractivity contribution is 0.0612. The van der Waals surface area contributed by atoms with E-state index in [-0.39, 0.29) is 0 Å². The Kier molecular flexibility index (Phi) is 6.04. The van der Waals surface area contributed by atoms with Crippen LogP contribution in [0.5, 0.6) is 0 Å². The minimum atomic E-state index is -0.680. The standard InChI is InChI=1S/C28H38F2/c1-2-18-3-4-24-16-22(10-9-21(24)15-18)19-5-7-20(8-6-19)23-11-13-26-25(17-23)12-14-27(29)28(26)30/h2,12,14,18-24H,1,3-11,13,15-17H2. The van der Waals surface area contributed by atoms with Gasteiger partial charge in [-0.3, -0.25) is 0 Å². The van der Waals surface area contributed by atoms with E-state index in [1.54, 1.807) is 0 Å². The highest BCUT2D eigenvalue weighted by molar-refractivity contribution is 5.32. The van der Waals surface area contributed by atoms with E-state index in [2.05, 4.69) is 12.7 Å². The average molecular weight is 413 g/mol. The predicted molar refractivity (Wildman–Crippen MR) is 119 cm³/mol. The van der Waals surface area contributed by atoms with Gasteiger partial charge in [0.05, 0.1) is 0 Å². The fourth-order valence-electron chi connectivity index (χ4n) is 7.90. The molecule has 5 rings (SSSR count). The summed E-state index contributed by atoms with van der Waals surface area (Å²) >= 11 is 0. The molecule has 3 fully saturated rings. The first-order valence-corrected chi connectivity index (χ1v) is 12.7. The second-order valence-electron chi connectivity index (χ2n) is 11.1. The van der Waals surface area contributed by atoms with E-state index in [1.807, 2.05) is 6.07 Å². The van der Waals surface area contributed by atoms with Gasteiger partial charge in [-0.1, -0.05) is 12.1 Å². The Morgan fingerprint density at radius 3 is 2.03 bits per heavy atom. The van der Waals surface area contributed by atoms with Crippen molar-refractivity contribution in [1.82, 2.24) is 0 Å². The van der Waals surface area contributed by atoms with E-state index in [1.165, 1.54) is 70.3 Å². The second kappa shape index (κ2) is 8.75. The molecule has 0 bridgehead atoms. The topological polar surface area (TPSA) is 0 Å². The normalized spacial score (nSPS) is 39.1. The summed E-state index contributed by atoms with van der Waals surface area (Å²) in [6.07, 6.45) is 19.1. The van der Waals surface area contributed by atoms with Crippen molar-refractivity contribution in [2.75, 3.05) is 0 Å². The predicted octanol–water partition coefficient (Wildman–Crippen LogP) is 7.89. The summed E-state index contributed by atoms with van der Waals surface area (Å²) in [5.74, 6) is 4.86. The smallest absolute Gasteiger partial charge is 0.162 e. The summed E-state index contributed by atoms with van der Waals surface area (Å²) < 4.78 is 27.6. The molecule has 0 spiro atoms. The molecular formula is C28H38F2. The number of hydrogen-bond donors (Lipinski definition) is 0. The van der Waals surface area contributed by atoms with Gasteiger partial charge in [-0.15, -0.1) is 6.58 Å². The molecule has 0 saturated heterocycles. The van der Waals surface area contributed by atoms with Gasteiger partial charge in [0.25, 0.3) is 0 Å². The van der Waals surface area contributed by atoms with E-state index in [9.17, 15) is 8.78 Å². The number of halogens is 2. The highest BCUT2D eigenvalue weighted by Gasteiger charge is 2.39. The van der Waals surface area contributed by atoms with E-state index in [0.29, 0.717) is 11.5 Å². The van der Waals surface area contributed by atoms with Crippen LogP contribution in [-0.4, -0.2) is 0 Å². The van der Waals surface area contributed by atoms with Gasteiger partial charge in [-0.05, 0) is 142 Å². The zero-order valence-corrected chi connectivity index (χ0v) is 18.4. The third-order valence-electron chi connectivity index (χ3n) is 9.72. The molecule has 0 nitrogen and oxygen atoms in total. The Morgan fingerprint density at radius 1 is 0.700 bits per heavy atom. The molecule has 30 heavy (non-hydrogen) atoms. The molecule has 5 atom stereocenters. The lowest BCUT2D eigenvalue weighted by Crippen LogP contribution is -2.35. The van der Waals surface area contributed by atoms with Crippen LogP contribution in [0.4, 0.5) is 8.78 Å². The maximum atomic E-state index is 14.1. The Hall–Kier alpha value is -1.18. The Morgan fingerprint density at radius 2 is 1.30 bits per heavy atom. The second-order valence-corrected chi connectivity index (χ2v) is 11.1. The molecule has 5 unspecified atom stereocenters. The molecule has 0 N–H and O–H groups in total. The van der Waals surface area contributed by atoms with Gasteiger partial charge < -0.3 is 0 Å². The van der Waals surface area contributed by atoms with Crippen LogP contribution in [0.25, 0.3) is 0 Å². The van der Waals surface area contributed by atoms with Gasteiger partial charge in [-0.2, -0.15) is 0 Å². The van der Waals surface area contributed by atoms with Gasteiger partial charge >= 0.3 is 0 Å². The molecule has 1 aromatic rings. The van der Waals surface area contributed by atoms with Crippen molar-refractivity contribution >= 4 is 0 Å². The number of allylic oxidation sites excluding steroid dienone is 1. The minimum Gasteiger partial charge on any atom is -0.204 e. The van der Waals surface area contributed by atoms with Crippen LogP contribution in [0.3, 0.4) is 0 Å². The number of rotatable bonds is 3. The third-order valence-corrected chi connectivity index (χ3v) is 9.72. The molecule has 4 aliphatic carbocycles. The van der Waals surface area contributed by atoms with E-state index < -0.39 is 11.6 Å². The quantitative estimate of drug-likeness (QED) is 0.443. The molecule has 2 heteroatoms. The van der Waals surface area contributed by atoms with Crippen LogP contribution < -0.4 is 0 Å². The van der Waals surface area contributed by atoms with Crippen LogP contribution in [-0.2, 0) is 12.8 Å². The van der Waals surface area contributed by atoms with Gasteiger partial charge in [0.1, 0.15) is 0 Å². The van der Waals surface area contributed by atoms with Crippen molar-refractivity contribution in [2.24, 2.45) is 41.4 Å². The zero-order valence-electron chi connectivity index (χ0n) is 18.4. The van der Waals surface area contributed by atoms with E-state index in [0.717, 1.165) is 60.3 Å². The zero-order chi connectivity index (χ0) is 20.7. The minimum absolute atomic E-state index is 0.590. The summed E-state index contributed by atoms with van der Waals surface area (Å²) in [5.41, 5.74) is 1.73. The number of benzene rings is 1. The first-order valence-electron chi connectivity index (χ1n) is 12.7. The van der Waals surface area contributed by atoms with E-state index >= 15 is 0 Å². The molecule has 0 amide bonds.